The average molecular weight is 269 g/mol. The van der Waals surface area contributed by atoms with Crippen LogP contribution in [0, 0.1) is 0 Å². The SMILES string of the molecule is CSc1ccccc1-c1nc(-c2ccccn2)no1. The molecule has 0 amide bonds. The molecular formula is C14H11N3OS. The van der Waals surface area contributed by atoms with Crippen molar-refractivity contribution < 1.29 is 4.52 Å². The number of nitrogens with zero attached hydrogens (tertiary/aromatic N) is 3. The summed E-state index contributed by atoms with van der Waals surface area (Å²) in [6, 6.07) is 13.6. The first-order valence-corrected chi connectivity index (χ1v) is 6.99. The first-order chi connectivity index (χ1) is 9.38. The van der Waals surface area contributed by atoms with Crippen molar-refractivity contribution in [2.24, 2.45) is 0 Å². The van der Waals surface area contributed by atoms with Crippen LogP contribution in [-0.2, 0) is 0 Å². The average Bonchev–Trinajstić information content (AvgIpc) is 2.98. The molecule has 0 saturated heterocycles. The largest absolute Gasteiger partial charge is 0.334 e. The van der Waals surface area contributed by atoms with Crippen LogP contribution in [0.2, 0.25) is 0 Å². The lowest BCUT2D eigenvalue weighted by atomic mass is 10.2. The molecule has 0 aliphatic rings. The van der Waals surface area contributed by atoms with E-state index in [4.69, 9.17) is 4.52 Å². The van der Waals surface area contributed by atoms with Crippen LogP contribution < -0.4 is 0 Å². The Morgan fingerprint density at radius 2 is 1.89 bits per heavy atom. The summed E-state index contributed by atoms with van der Waals surface area (Å²) in [5.74, 6) is 1.03. The van der Waals surface area contributed by atoms with E-state index < -0.39 is 0 Å². The Kier molecular flexibility index (Phi) is 3.29. The van der Waals surface area contributed by atoms with Gasteiger partial charge in [0.15, 0.2) is 0 Å². The molecule has 0 atom stereocenters. The number of rotatable bonds is 3. The highest BCUT2D eigenvalue weighted by Gasteiger charge is 2.13. The standard InChI is InChI=1S/C14H11N3OS/c1-19-12-8-3-2-6-10(12)14-16-13(17-18-14)11-7-4-5-9-15-11/h2-9H,1H3. The van der Waals surface area contributed by atoms with E-state index in [9.17, 15) is 0 Å². The number of hydrogen-bond acceptors (Lipinski definition) is 5. The molecule has 19 heavy (non-hydrogen) atoms. The van der Waals surface area contributed by atoms with E-state index in [-0.39, 0.29) is 0 Å². The maximum absolute atomic E-state index is 5.33. The van der Waals surface area contributed by atoms with Crippen molar-refractivity contribution in [2.45, 2.75) is 4.90 Å². The number of thioether (sulfide) groups is 1. The molecule has 0 spiro atoms. The monoisotopic (exact) mass is 269 g/mol. The van der Waals surface area contributed by atoms with Gasteiger partial charge in [-0.3, -0.25) is 4.98 Å². The third-order valence-electron chi connectivity index (χ3n) is 2.66. The van der Waals surface area contributed by atoms with Crippen molar-refractivity contribution in [1.29, 1.82) is 0 Å². The Balaban J connectivity index is 2.02. The summed E-state index contributed by atoms with van der Waals surface area (Å²) in [5.41, 5.74) is 1.66. The van der Waals surface area contributed by atoms with Gasteiger partial charge in [0.2, 0.25) is 5.82 Å². The Morgan fingerprint density at radius 3 is 2.68 bits per heavy atom. The number of aromatic nitrogens is 3. The summed E-state index contributed by atoms with van der Waals surface area (Å²) in [7, 11) is 0. The fourth-order valence-corrected chi connectivity index (χ4v) is 2.34. The second kappa shape index (κ2) is 5.24. The minimum atomic E-state index is 0.506. The zero-order valence-electron chi connectivity index (χ0n) is 10.3. The summed E-state index contributed by atoms with van der Waals surface area (Å²) in [4.78, 5) is 9.72. The van der Waals surface area contributed by atoms with Gasteiger partial charge in [-0.25, -0.2) is 0 Å². The van der Waals surface area contributed by atoms with E-state index in [1.54, 1.807) is 18.0 Å². The maximum Gasteiger partial charge on any atom is 0.259 e. The van der Waals surface area contributed by atoms with Gasteiger partial charge in [0, 0.05) is 11.1 Å². The summed E-state index contributed by atoms with van der Waals surface area (Å²) in [6.07, 6.45) is 3.73. The first-order valence-electron chi connectivity index (χ1n) is 5.77. The molecule has 94 valence electrons. The smallest absolute Gasteiger partial charge is 0.259 e. The van der Waals surface area contributed by atoms with Crippen LogP contribution in [0.15, 0.2) is 58.1 Å². The molecule has 3 aromatic rings. The highest BCUT2D eigenvalue weighted by Crippen LogP contribution is 2.29. The molecule has 0 unspecified atom stereocenters. The van der Waals surface area contributed by atoms with E-state index >= 15 is 0 Å². The van der Waals surface area contributed by atoms with Crippen molar-refractivity contribution >= 4 is 11.8 Å². The second-order valence-electron chi connectivity index (χ2n) is 3.84. The molecule has 0 N–H and O–H groups in total. The molecule has 5 heteroatoms. The molecule has 0 fully saturated rings. The Hall–Kier alpha value is -2.14. The summed E-state index contributed by atoms with van der Waals surface area (Å²) in [6.45, 7) is 0. The van der Waals surface area contributed by atoms with Crippen LogP contribution in [0.5, 0.6) is 0 Å². The molecule has 4 nitrogen and oxygen atoms in total. The van der Waals surface area contributed by atoms with Gasteiger partial charge in [0.05, 0.1) is 5.56 Å². The van der Waals surface area contributed by atoms with Gasteiger partial charge in [-0.15, -0.1) is 11.8 Å². The molecule has 0 aliphatic heterocycles. The molecular weight excluding hydrogens is 258 g/mol. The zero-order valence-corrected chi connectivity index (χ0v) is 11.1. The molecule has 2 aromatic heterocycles. The Morgan fingerprint density at radius 1 is 1.05 bits per heavy atom. The van der Waals surface area contributed by atoms with E-state index in [0.29, 0.717) is 17.4 Å². The minimum Gasteiger partial charge on any atom is -0.334 e. The van der Waals surface area contributed by atoms with Gasteiger partial charge in [0.1, 0.15) is 5.69 Å². The van der Waals surface area contributed by atoms with Gasteiger partial charge in [-0.05, 0) is 30.5 Å². The highest BCUT2D eigenvalue weighted by molar-refractivity contribution is 7.98. The molecule has 0 saturated carbocycles. The van der Waals surface area contributed by atoms with Gasteiger partial charge in [0.25, 0.3) is 5.89 Å². The van der Waals surface area contributed by atoms with Crippen LogP contribution in [0.4, 0.5) is 0 Å². The third kappa shape index (κ3) is 2.37. The lowest BCUT2D eigenvalue weighted by Gasteiger charge is -2.00. The van der Waals surface area contributed by atoms with E-state index in [2.05, 4.69) is 15.1 Å². The van der Waals surface area contributed by atoms with Crippen molar-refractivity contribution in [3.8, 4) is 23.0 Å². The fraction of sp³-hybridized carbons (Fsp3) is 0.0714. The number of hydrogen-bond donors (Lipinski definition) is 0. The third-order valence-corrected chi connectivity index (χ3v) is 3.45. The van der Waals surface area contributed by atoms with Crippen molar-refractivity contribution in [3.63, 3.8) is 0 Å². The summed E-state index contributed by atoms with van der Waals surface area (Å²) < 4.78 is 5.33. The fourth-order valence-electron chi connectivity index (χ4n) is 1.75. The number of benzene rings is 1. The number of pyridine rings is 1. The lowest BCUT2D eigenvalue weighted by Crippen LogP contribution is -1.85. The van der Waals surface area contributed by atoms with Crippen molar-refractivity contribution in [2.75, 3.05) is 6.26 Å². The summed E-state index contributed by atoms with van der Waals surface area (Å²) >= 11 is 1.65. The molecule has 0 bridgehead atoms. The molecule has 3 rings (SSSR count). The van der Waals surface area contributed by atoms with Gasteiger partial charge in [-0.2, -0.15) is 4.98 Å². The Labute approximate surface area is 114 Å². The quantitative estimate of drug-likeness (QED) is 0.681. The van der Waals surface area contributed by atoms with Crippen LogP contribution in [0.25, 0.3) is 23.0 Å². The van der Waals surface area contributed by atoms with Crippen molar-refractivity contribution in [1.82, 2.24) is 15.1 Å². The Bertz CT molecular complexity index is 682. The molecule has 0 aliphatic carbocycles. The van der Waals surface area contributed by atoms with E-state index in [1.807, 2.05) is 48.7 Å². The highest BCUT2D eigenvalue weighted by atomic mass is 32.2. The van der Waals surface area contributed by atoms with Crippen LogP contribution >= 0.6 is 11.8 Å². The molecule has 2 heterocycles. The van der Waals surface area contributed by atoms with E-state index in [0.717, 1.165) is 10.5 Å². The van der Waals surface area contributed by atoms with Crippen molar-refractivity contribution in [3.05, 3.63) is 48.7 Å². The predicted octanol–water partition coefficient (Wildman–Crippen LogP) is 3.52. The lowest BCUT2D eigenvalue weighted by molar-refractivity contribution is 0.431. The molecule has 1 aromatic carbocycles. The predicted molar refractivity (Wildman–Crippen MR) is 74.7 cm³/mol. The maximum atomic E-state index is 5.33. The summed E-state index contributed by atoms with van der Waals surface area (Å²) in [5, 5.41) is 3.98. The zero-order chi connectivity index (χ0) is 13.1. The normalized spacial score (nSPS) is 10.6. The topological polar surface area (TPSA) is 51.8 Å². The van der Waals surface area contributed by atoms with Gasteiger partial charge >= 0.3 is 0 Å². The minimum absolute atomic E-state index is 0.506. The second-order valence-corrected chi connectivity index (χ2v) is 4.69. The van der Waals surface area contributed by atoms with Crippen LogP contribution in [0.1, 0.15) is 0 Å². The van der Waals surface area contributed by atoms with E-state index in [1.165, 1.54) is 0 Å². The van der Waals surface area contributed by atoms with Crippen LogP contribution in [0.3, 0.4) is 0 Å². The van der Waals surface area contributed by atoms with Gasteiger partial charge in [-0.1, -0.05) is 23.4 Å². The van der Waals surface area contributed by atoms with Crippen LogP contribution in [-0.4, -0.2) is 21.4 Å². The molecule has 0 radical (unpaired) electrons. The first kappa shape index (κ1) is 11.9. The van der Waals surface area contributed by atoms with Gasteiger partial charge < -0.3 is 4.52 Å².